The molecule has 0 bridgehead atoms. The Labute approximate surface area is 109 Å². The van der Waals surface area contributed by atoms with Crippen LogP contribution in [0.4, 0.5) is 0 Å². The summed E-state index contributed by atoms with van der Waals surface area (Å²) in [5.74, 6) is 1.24. The molecule has 2 rings (SSSR count). The fraction of sp³-hybridized carbons (Fsp3) is 0.571. The second-order valence-corrected chi connectivity index (χ2v) is 5.40. The van der Waals surface area contributed by atoms with Gasteiger partial charge in [-0.05, 0) is 44.6 Å². The molecule has 1 heterocycles. The fourth-order valence-electron chi connectivity index (χ4n) is 2.82. The lowest BCUT2D eigenvalue weighted by atomic mass is 9.85. The smallest absolute Gasteiger partial charge is 0.0441 e. The number of likely N-dealkylation sites (N-methyl/N-ethyl adjacent to an activating group) is 1. The van der Waals surface area contributed by atoms with Crippen LogP contribution in [-0.2, 0) is 0 Å². The van der Waals surface area contributed by atoms with Gasteiger partial charge in [0.1, 0.15) is 0 Å². The highest BCUT2D eigenvalue weighted by atomic mass is 35.5. The minimum absolute atomic E-state index is 0.527. The van der Waals surface area contributed by atoms with E-state index in [1.165, 1.54) is 25.1 Å². The molecule has 0 aromatic heterocycles. The van der Waals surface area contributed by atoms with E-state index in [1.807, 2.05) is 19.2 Å². The number of likely N-dealkylation sites (tertiary alicyclic amines) is 1. The minimum atomic E-state index is 0.527. The highest BCUT2D eigenvalue weighted by molar-refractivity contribution is 6.31. The molecule has 1 N–H and O–H groups in total. The highest BCUT2D eigenvalue weighted by Gasteiger charge is 2.29. The van der Waals surface area contributed by atoms with Gasteiger partial charge in [0.2, 0.25) is 0 Å². The third kappa shape index (κ3) is 3.01. The fourth-order valence-corrected chi connectivity index (χ4v) is 3.10. The molecule has 1 aliphatic heterocycles. The number of rotatable bonds is 4. The molecule has 94 valence electrons. The molecule has 1 aliphatic rings. The van der Waals surface area contributed by atoms with Crippen molar-refractivity contribution in [1.29, 1.82) is 0 Å². The lowest BCUT2D eigenvalue weighted by Crippen LogP contribution is -2.26. The summed E-state index contributed by atoms with van der Waals surface area (Å²) in [5.41, 5.74) is 1.30. The molecule has 1 fully saturated rings. The first-order valence-corrected chi connectivity index (χ1v) is 6.67. The monoisotopic (exact) mass is 252 g/mol. The van der Waals surface area contributed by atoms with Crippen molar-refractivity contribution in [3.8, 4) is 0 Å². The maximum atomic E-state index is 6.33. The summed E-state index contributed by atoms with van der Waals surface area (Å²) in [6.07, 6.45) is 1.27. The van der Waals surface area contributed by atoms with E-state index >= 15 is 0 Å². The molecule has 0 aliphatic carbocycles. The standard InChI is InChI=1S/C14H21ClN2/c1-16-9-13(11-7-8-17(2)10-11)12-5-3-4-6-14(12)15/h3-6,11,13,16H,7-10H2,1-2H3. The lowest BCUT2D eigenvalue weighted by Gasteiger charge is -2.24. The molecule has 1 saturated heterocycles. The maximum Gasteiger partial charge on any atom is 0.0441 e. The summed E-state index contributed by atoms with van der Waals surface area (Å²) in [6, 6.07) is 8.26. The van der Waals surface area contributed by atoms with Crippen molar-refractivity contribution in [1.82, 2.24) is 10.2 Å². The van der Waals surface area contributed by atoms with Gasteiger partial charge in [-0.25, -0.2) is 0 Å². The Hall–Kier alpha value is -0.570. The van der Waals surface area contributed by atoms with E-state index in [2.05, 4.69) is 29.4 Å². The van der Waals surface area contributed by atoms with Crippen LogP contribution in [0.15, 0.2) is 24.3 Å². The predicted molar refractivity (Wildman–Crippen MR) is 73.7 cm³/mol. The number of halogens is 1. The first kappa shape index (κ1) is 12.9. The van der Waals surface area contributed by atoms with E-state index < -0.39 is 0 Å². The number of hydrogen-bond acceptors (Lipinski definition) is 2. The Morgan fingerprint density at radius 2 is 2.24 bits per heavy atom. The summed E-state index contributed by atoms with van der Waals surface area (Å²) in [7, 11) is 4.21. The average molecular weight is 253 g/mol. The quantitative estimate of drug-likeness (QED) is 0.886. The Morgan fingerprint density at radius 3 is 2.82 bits per heavy atom. The minimum Gasteiger partial charge on any atom is -0.319 e. The molecule has 2 atom stereocenters. The zero-order valence-electron chi connectivity index (χ0n) is 10.6. The predicted octanol–water partition coefficient (Wildman–Crippen LogP) is 2.59. The second-order valence-electron chi connectivity index (χ2n) is 5.00. The van der Waals surface area contributed by atoms with Gasteiger partial charge in [-0.15, -0.1) is 0 Å². The summed E-state index contributed by atoms with van der Waals surface area (Å²) < 4.78 is 0. The first-order chi connectivity index (χ1) is 8.22. The number of benzene rings is 1. The summed E-state index contributed by atoms with van der Waals surface area (Å²) in [6.45, 7) is 3.38. The van der Waals surface area contributed by atoms with Crippen LogP contribution in [0.1, 0.15) is 17.9 Å². The van der Waals surface area contributed by atoms with Crippen molar-refractivity contribution >= 4 is 11.6 Å². The van der Waals surface area contributed by atoms with Gasteiger partial charge in [-0.3, -0.25) is 0 Å². The molecule has 0 spiro atoms. The van der Waals surface area contributed by atoms with Crippen LogP contribution < -0.4 is 5.32 Å². The molecule has 17 heavy (non-hydrogen) atoms. The topological polar surface area (TPSA) is 15.3 Å². The third-order valence-electron chi connectivity index (χ3n) is 3.73. The zero-order chi connectivity index (χ0) is 12.3. The van der Waals surface area contributed by atoms with Crippen molar-refractivity contribution in [2.24, 2.45) is 5.92 Å². The summed E-state index contributed by atoms with van der Waals surface area (Å²) in [4.78, 5) is 2.41. The number of nitrogens with zero attached hydrogens (tertiary/aromatic N) is 1. The molecule has 0 amide bonds. The van der Waals surface area contributed by atoms with Crippen LogP contribution in [0.5, 0.6) is 0 Å². The van der Waals surface area contributed by atoms with Crippen molar-refractivity contribution in [2.75, 3.05) is 33.7 Å². The molecule has 1 aromatic rings. The first-order valence-electron chi connectivity index (χ1n) is 6.30. The van der Waals surface area contributed by atoms with Crippen molar-refractivity contribution in [2.45, 2.75) is 12.3 Å². The van der Waals surface area contributed by atoms with Crippen LogP contribution in [0.3, 0.4) is 0 Å². The largest absolute Gasteiger partial charge is 0.319 e. The van der Waals surface area contributed by atoms with Gasteiger partial charge in [0.15, 0.2) is 0 Å². The van der Waals surface area contributed by atoms with Crippen molar-refractivity contribution < 1.29 is 0 Å². The number of hydrogen-bond donors (Lipinski definition) is 1. The van der Waals surface area contributed by atoms with E-state index in [4.69, 9.17) is 11.6 Å². The zero-order valence-corrected chi connectivity index (χ0v) is 11.4. The Kier molecular flexibility index (Phi) is 4.43. The summed E-state index contributed by atoms with van der Waals surface area (Å²) >= 11 is 6.33. The molecular weight excluding hydrogens is 232 g/mol. The van der Waals surface area contributed by atoms with Gasteiger partial charge in [-0.1, -0.05) is 29.8 Å². The van der Waals surface area contributed by atoms with Crippen LogP contribution >= 0.6 is 11.6 Å². The lowest BCUT2D eigenvalue weighted by molar-refractivity contribution is 0.365. The van der Waals surface area contributed by atoms with E-state index in [1.54, 1.807) is 0 Å². The average Bonchev–Trinajstić information content (AvgIpc) is 2.74. The van der Waals surface area contributed by atoms with Crippen LogP contribution in [0.25, 0.3) is 0 Å². The van der Waals surface area contributed by atoms with Gasteiger partial charge in [0.05, 0.1) is 0 Å². The molecule has 0 saturated carbocycles. The van der Waals surface area contributed by atoms with Gasteiger partial charge in [0, 0.05) is 24.0 Å². The Balaban J connectivity index is 2.20. The highest BCUT2D eigenvalue weighted by Crippen LogP contribution is 2.34. The van der Waals surface area contributed by atoms with E-state index in [9.17, 15) is 0 Å². The van der Waals surface area contributed by atoms with E-state index in [0.717, 1.165) is 11.6 Å². The van der Waals surface area contributed by atoms with Gasteiger partial charge < -0.3 is 10.2 Å². The molecule has 2 nitrogen and oxygen atoms in total. The molecule has 2 unspecified atom stereocenters. The van der Waals surface area contributed by atoms with E-state index in [0.29, 0.717) is 11.8 Å². The second kappa shape index (κ2) is 5.85. The van der Waals surface area contributed by atoms with Crippen molar-refractivity contribution in [3.63, 3.8) is 0 Å². The van der Waals surface area contributed by atoms with Crippen molar-refractivity contribution in [3.05, 3.63) is 34.9 Å². The van der Waals surface area contributed by atoms with Gasteiger partial charge in [0.25, 0.3) is 0 Å². The maximum absolute atomic E-state index is 6.33. The van der Waals surface area contributed by atoms with Crippen LogP contribution in [0, 0.1) is 5.92 Å². The van der Waals surface area contributed by atoms with Crippen LogP contribution in [0.2, 0.25) is 5.02 Å². The molecular formula is C14H21ClN2. The van der Waals surface area contributed by atoms with E-state index in [-0.39, 0.29) is 0 Å². The molecule has 3 heteroatoms. The number of nitrogens with one attached hydrogen (secondary N) is 1. The Morgan fingerprint density at radius 1 is 1.47 bits per heavy atom. The molecule has 1 aromatic carbocycles. The normalized spacial score (nSPS) is 22.9. The van der Waals surface area contributed by atoms with Crippen LogP contribution in [-0.4, -0.2) is 38.6 Å². The summed E-state index contributed by atoms with van der Waals surface area (Å²) in [5, 5.41) is 4.21. The molecule has 0 radical (unpaired) electrons. The van der Waals surface area contributed by atoms with Gasteiger partial charge >= 0.3 is 0 Å². The Bertz CT molecular complexity index is 367. The van der Waals surface area contributed by atoms with Gasteiger partial charge in [-0.2, -0.15) is 0 Å². The third-order valence-corrected chi connectivity index (χ3v) is 4.07. The SMILES string of the molecule is CNCC(c1ccccc1Cl)C1CCN(C)C1.